The van der Waals surface area contributed by atoms with Crippen molar-refractivity contribution in [3.63, 3.8) is 0 Å². The summed E-state index contributed by atoms with van der Waals surface area (Å²) in [7, 11) is 5.43. The van der Waals surface area contributed by atoms with E-state index in [1.807, 2.05) is 0 Å². The number of allylic oxidation sites excluding steroid dienone is 2. The second-order valence-electron chi connectivity index (χ2n) is 15.0. The van der Waals surface area contributed by atoms with Gasteiger partial charge in [0.2, 0.25) is 23.6 Å². The third kappa shape index (κ3) is 5.67. The number of fused-ring (bicyclic) bond motifs is 4. The number of nitrogens with zero attached hydrogens (tertiary/aromatic N) is 8. The lowest BCUT2D eigenvalue weighted by Gasteiger charge is -2.44. The summed E-state index contributed by atoms with van der Waals surface area (Å²) < 4.78 is 0. The van der Waals surface area contributed by atoms with Crippen LogP contribution in [-0.2, 0) is 19.2 Å². The van der Waals surface area contributed by atoms with Gasteiger partial charge in [-0.2, -0.15) is 0 Å². The van der Waals surface area contributed by atoms with Gasteiger partial charge in [0.1, 0.15) is 5.75 Å². The lowest BCUT2D eigenvalue weighted by molar-refractivity contribution is -0.392. The molecule has 4 amide bonds. The van der Waals surface area contributed by atoms with Crippen molar-refractivity contribution in [1.82, 2.24) is 0 Å². The van der Waals surface area contributed by atoms with Crippen molar-refractivity contribution in [2.75, 3.05) is 47.8 Å². The van der Waals surface area contributed by atoms with Crippen LogP contribution >= 0.6 is 0 Å². The number of phenols is 1. The number of hydrogen-bond donors (Lipinski definition) is 1. The molecule has 1 saturated carbocycles. The zero-order valence-electron chi connectivity index (χ0n) is 31.4. The highest BCUT2D eigenvalue weighted by Crippen LogP contribution is 2.60. The van der Waals surface area contributed by atoms with E-state index >= 15 is 0 Å². The second kappa shape index (κ2) is 13.7. The Morgan fingerprint density at radius 1 is 0.638 bits per heavy atom. The van der Waals surface area contributed by atoms with E-state index in [0.29, 0.717) is 20.9 Å². The number of para-hydroxylation sites is 1. The Hall–Kier alpha value is -7.32. The number of carbonyl (C=O) groups is 4. The number of benzene rings is 3. The van der Waals surface area contributed by atoms with Crippen molar-refractivity contribution in [3.05, 3.63) is 106 Å². The van der Waals surface area contributed by atoms with Gasteiger partial charge in [-0.15, -0.1) is 0 Å². The van der Waals surface area contributed by atoms with Gasteiger partial charge in [-0.25, -0.2) is 9.80 Å². The Morgan fingerprint density at radius 2 is 1.07 bits per heavy atom. The van der Waals surface area contributed by atoms with Gasteiger partial charge in [-0.05, 0) is 31.2 Å². The van der Waals surface area contributed by atoms with Crippen LogP contribution < -0.4 is 19.6 Å². The smallest absolute Gasteiger partial charge is 0.301 e. The van der Waals surface area contributed by atoms with Gasteiger partial charge < -0.3 is 14.9 Å². The summed E-state index contributed by atoms with van der Waals surface area (Å²) in [6.45, 7) is 1.61. The zero-order valence-corrected chi connectivity index (χ0v) is 31.4. The highest BCUT2D eigenvalue weighted by Gasteiger charge is 2.63. The largest absolute Gasteiger partial charge is 0.507 e. The summed E-state index contributed by atoms with van der Waals surface area (Å²) in [6.07, 6.45) is 1.37. The molecule has 2 aliphatic heterocycles. The number of nitro benzene ring substituents is 4. The number of hydrogen-bond acceptors (Lipinski definition) is 15. The van der Waals surface area contributed by atoms with Gasteiger partial charge in [0.25, 0.3) is 0 Å². The fraction of sp³-hybridized carbons (Fsp3) is 0.351. The molecule has 300 valence electrons. The number of amides is 4. The molecule has 2 heterocycles. The van der Waals surface area contributed by atoms with E-state index < -0.39 is 113 Å². The number of rotatable bonds is 9. The van der Waals surface area contributed by atoms with Crippen molar-refractivity contribution < 1.29 is 44.0 Å². The summed E-state index contributed by atoms with van der Waals surface area (Å²) >= 11 is 0. The first-order valence-corrected chi connectivity index (χ1v) is 17.8. The highest BCUT2D eigenvalue weighted by atomic mass is 16.6. The molecule has 21 nitrogen and oxygen atoms in total. The van der Waals surface area contributed by atoms with Crippen molar-refractivity contribution in [1.29, 1.82) is 0 Å². The van der Waals surface area contributed by atoms with E-state index in [0.717, 1.165) is 29.2 Å². The molecule has 0 aromatic heterocycles. The SMILES string of the molecule is Cc1cccc([C@H]2C3=CC[C@@H]4C(=O)N(c5cc([N+](=O)[O-])c(N(C)C)c([N+](=O)[O-])c5)C(=O)[C@@H]4[C@@H]3C[C@H]3C(=O)N(c4cc([N+](=O)[O-])c(N(C)C)c([N+](=O)[O-])c4)C(=O)[C@@H]23)c1O. The summed E-state index contributed by atoms with van der Waals surface area (Å²) in [5, 5.41) is 60.1. The molecule has 2 aliphatic carbocycles. The maximum absolute atomic E-state index is 14.6. The predicted molar refractivity (Wildman–Crippen MR) is 203 cm³/mol. The van der Waals surface area contributed by atoms with Crippen LogP contribution in [0, 0.1) is 77.0 Å². The molecule has 0 spiro atoms. The van der Waals surface area contributed by atoms with Crippen LogP contribution in [0.5, 0.6) is 5.75 Å². The fourth-order valence-corrected chi connectivity index (χ4v) is 9.29. The predicted octanol–water partition coefficient (Wildman–Crippen LogP) is 4.51. The van der Waals surface area contributed by atoms with E-state index in [1.165, 1.54) is 33.1 Å². The first-order chi connectivity index (χ1) is 27.3. The van der Waals surface area contributed by atoms with Gasteiger partial charge in [-0.3, -0.25) is 59.6 Å². The standard InChI is InChI=1S/C37H34N8O13/c1-16-7-6-8-20(33(16)46)28-19-9-10-21-29(36(49)40(34(21)47)17-11-24(42(51)52)31(38(2)3)25(12-17)43(53)54)22(19)15-23-30(28)37(50)41(35(23)48)18-13-26(44(55)56)32(39(4)5)27(14-18)45(57)58/h6-9,11-14,21-23,28-30,46H,10,15H2,1-5H3/t21-,22+,23+,28+,29-,30+/m0/s1. The van der Waals surface area contributed by atoms with Crippen LogP contribution in [0.2, 0.25) is 0 Å². The minimum atomic E-state index is -1.27. The zero-order chi connectivity index (χ0) is 42.4. The average Bonchev–Trinajstić information content (AvgIpc) is 3.57. The van der Waals surface area contributed by atoms with E-state index in [-0.39, 0.29) is 35.5 Å². The molecule has 3 fully saturated rings. The minimum absolute atomic E-state index is 0.0752. The first-order valence-electron chi connectivity index (χ1n) is 17.8. The topological polar surface area (TPSA) is 274 Å². The van der Waals surface area contributed by atoms with Gasteiger partial charge >= 0.3 is 22.7 Å². The Morgan fingerprint density at radius 3 is 1.50 bits per heavy atom. The Bertz CT molecular complexity index is 2390. The molecule has 4 aliphatic rings. The number of carbonyl (C=O) groups excluding carboxylic acids is 4. The van der Waals surface area contributed by atoms with E-state index in [2.05, 4.69) is 0 Å². The maximum Gasteiger partial charge on any atom is 0.301 e. The number of imide groups is 2. The molecule has 0 bridgehead atoms. The molecule has 7 rings (SSSR count). The molecule has 3 aromatic carbocycles. The molecule has 21 heteroatoms. The average molecular weight is 799 g/mol. The first kappa shape index (κ1) is 38.9. The van der Waals surface area contributed by atoms with Gasteiger partial charge in [0.05, 0.1) is 54.7 Å². The van der Waals surface area contributed by atoms with Crippen LogP contribution in [0.25, 0.3) is 0 Å². The van der Waals surface area contributed by atoms with Crippen LogP contribution in [0.1, 0.15) is 29.9 Å². The third-order valence-corrected chi connectivity index (χ3v) is 11.6. The fourth-order valence-electron chi connectivity index (χ4n) is 9.29. The number of anilines is 4. The van der Waals surface area contributed by atoms with Crippen molar-refractivity contribution in [2.24, 2.45) is 29.6 Å². The number of aromatic hydroxyl groups is 1. The van der Waals surface area contributed by atoms with E-state index in [4.69, 9.17) is 0 Å². The second-order valence-corrected chi connectivity index (χ2v) is 15.0. The van der Waals surface area contributed by atoms with Gasteiger partial charge in [0.15, 0.2) is 11.4 Å². The van der Waals surface area contributed by atoms with Crippen molar-refractivity contribution in [2.45, 2.75) is 25.7 Å². The molecule has 58 heavy (non-hydrogen) atoms. The molecule has 1 N–H and O–H groups in total. The minimum Gasteiger partial charge on any atom is -0.507 e. The van der Waals surface area contributed by atoms with Gasteiger partial charge in [-0.1, -0.05) is 29.8 Å². The molecular formula is C37H34N8O13. The molecule has 0 unspecified atom stereocenters. The Kier molecular flexibility index (Phi) is 9.20. The monoisotopic (exact) mass is 798 g/mol. The van der Waals surface area contributed by atoms with E-state index in [1.54, 1.807) is 31.2 Å². The van der Waals surface area contributed by atoms with Crippen LogP contribution in [-0.4, -0.2) is 76.6 Å². The number of nitro groups is 4. The van der Waals surface area contributed by atoms with Crippen molar-refractivity contribution >= 4 is 69.1 Å². The molecule has 0 radical (unpaired) electrons. The molecule has 3 aromatic rings. The normalized spacial score (nSPS) is 23.6. The summed E-state index contributed by atoms with van der Waals surface area (Å²) in [4.78, 5) is 107. The highest BCUT2D eigenvalue weighted by molar-refractivity contribution is 6.24. The number of phenolic OH excluding ortho intramolecular Hbond substituents is 1. The summed E-state index contributed by atoms with van der Waals surface area (Å²) in [5.41, 5.74) is -3.45. The van der Waals surface area contributed by atoms with Crippen molar-refractivity contribution in [3.8, 4) is 5.75 Å². The van der Waals surface area contributed by atoms with Crippen LogP contribution in [0.3, 0.4) is 0 Å². The summed E-state index contributed by atoms with van der Waals surface area (Å²) in [5.74, 6) is -10.5. The molecule has 6 atom stereocenters. The molecule has 2 saturated heterocycles. The Balaban J connectivity index is 1.37. The summed E-state index contributed by atoms with van der Waals surface area (Å²) in [6, 6.07) is 8.37. The van der Waals surface area contributed by atoms with Crippen LogP contribution in [0.4, 0.5) is 45.5 Å². The van der Waals surface area contributed by atoms with E-state index in [9.17, 15) is 64.7 Å². The molecular weight excluding hydrogens is 764 g/mol. The van der Waals surface area contributed by atoms with Gasteiger partial charge in [0, 0.05) is 63.9 Å². The van der Waals surface area contributed by atoms with Crippen LogP contribution in [0.15, 0.2) is 54.1 Å². The quantitative estimate of drug-likeness (QED) is 0.135. The lowest BCUT2D eigenvalue weighted by atomic mass is 9.57. The Labute approximate surface area is 327 Å². The lowest BCUT2D eigenvalue weighted by Crippen LogP contribution is -2.43. The number of aryl methyl sites for hydroxylation is 1. The third-order valence-electron chi connectivity index (χ3n) is 11.6. The maximum atomic E-state index is 14.6.